The summed E-state index contributed by atoms with van der Waals surface area (Å²) in [6.45, 7) is 0.775. The van der Waals surface area contributed by atoms with Crippen molar-refractivity contribution in [3.8, 4) is 0 Å². The van der Waals surface area contributed by atoms with E-state index in [0.717, 1.165) is 32.1 Å². The lowest BCUT2D eigenvalue weighted by Crippen LogP contribution is -2.51. The van der Waals surface area contributed by atoms with E-state index < -0.39 is 11.2 Å². The predicted octanol–water partition coefficient (Wildman–Crippen LogP) is 0.574. The average molecular weight is 294 g/mol. The lowest BCUT2D eigenvalue weighted by Gasteiger charge is -2.37. The zero-order chi connectivity index (χ0) is 14.9. The van der Waals surface area contributed by atoms with Crippen molar-refractivity contribution in [3.63, 3.8) is 0 Å². The normalized spacial score (nSPS) is 28.8. The van der Waals surface area contributed by atoms with Gasteiger partial charge < -0.3 is 14.7 Å². The van der Waals surface area contributed by atoms with Crippen molar-refractivity contribution in [3.05, 3.63) is 11.9 Å². The minimum Gasteiger partial charge on any atom is -0.381 e. The van der Waals surface area contributed by atoms with Crippen LogP contribution in [0.5, 0.6) is 0 Å². The number of β-amino-alcohol motifs (C(OH)–C–C–N with tert-alkyl or cyclic N) is 1. The second-order valence-electron chi connectivity index (χ2n) is 6.12. The van der Waals surface area contributed by atoms with Gasteiger partial charge in [-0.15, -0.1) is 0 Å². The van der Waals surface area contributed by atoms with Gasteiger partial charge in [0.25, 0.3) is 5.91 Å². The summed E-state index contributed by atoms with van der Waals surface area (Å²) in [5.74, 6) is 0.00381. The first kappa shape index (κ1) is 14.5. The van der Waals surface area contributed by atoms with Crippen LogP contribution in [0, 0.1) is 0 Å². The Bertz CT molecular complexity index is 498. The number of ether oxygens (including phenoxy) is 1. The molecule has 7 heteroatoms. The van der Waals surface area contributed by atoms with Crippen LogP contribution >= 0.6 is 0 Å². The lowest BCUT2D eigenvalue weighted by atomic mass is 9.83. The van der Waals surface area contributed by atoms with Crippen LogP contribution in [0.3, 0.4) is 0 Å². The van der Waals surface area contributed by atoms with E-state index in [2.05, 4.69) is 15.4 Å². The molecule has 1 aliphatic carbocycles. The maximum absolute atomic E-state index is 12.9. The first-order valence-corrected chi connectivity index (χ1v) is 7.53. The fourth-order valence-electron chi connectivity index (χ4n) is 3.52. The summed E-state index contributed by atoms with van der Waals surface area (Å²) >= 11 is 0. The van der Waals surface area contributed by atoms with Crippen LogP contribution in [0.4, 0.5) is 0 Å². The molecule has 2 fully saturated rings. The summed E-state index contributed by atoms with van der Waals surface area (Å²) in [6, 6.07) is 0. The number of aromatic amines is 1. The molecule has 116 valence electrons. The van der Waals surface area contributed by atoms with Crippen LogP contribution in [0.25, 0.3) is 0 Å². The van der Waals surface area contributed by atoms with Gasteiger partial charge in [-0.2, -0.15) is 15.4 Å². The molecular formula is C14H22N4O3. The maximum Gasteiger partial charge on any atom is 0.254 e. The number of likely N-dealkylation sites (tertiary alicyclic amines) is 1. The second-order valence-corrected chi connectivity index (χ2v) is 6.12. The Hall–Kier alpha value is -1.47. The molecule has 1 aliphatic heterocycles. The second kappa shape index (κ2) is 5.38. The maximum atomic E-state index is 12.9. The molecule has 0 bridgehead atoms. The van der Waals surface area contributed by atoms with Crippen molar-refractivity contribution < 1.29 is 14.6 Å². The van der Waals surface area contributed by atoms with E-state index in [4.69, 9.17) is 4.74 Å². The monoisotopic (exact) mass is 294 g/mol. The van der Waals surface area contributed by atoms with Gasteiger partial charge in [0.1, 0.15) is 16.9 Å². The topological polar surface area (TPSA) is 91.3 Å². The number of rotatable bonds is 3. The summed E-state index contributed by atoms with van der Waals surface area (Å²) in [5, 5.41) is 20.9. The molecule has 1 atom stereocenters. The smallest absolute Gasteiger partial charge is 0.254 e. The molecule has 1 saturated carbocycles. The Kier molecular flexibility index (Phi) is 3.71. The third-order valence-corrected chi connectivity index (χ3v) is 4.87. The molecule has 3 rings (SSSR count). The first-order valence-electron chi connectivity index (χ1n) is 7.53. The van der Waals surface area contributed by atoms with Crippen LogP contribution in [-0.2, 0) is 15.1 Å². The molecule has 21 heavy (non-hydrogen) atoms. The fourth-order valence-corrected chi connectivity index (χ4v) is 3.52. The Labute approximate surface area is 123 Å². The molecule has 1 unspecified atom stereocenters. The number of methoxy groups -OCH3 is 1. The highest BCUT2D eigenvalue weighted by molar-refractivity contribution is 5.85. The summed E-state index contributed by atoms with van der Waals surface area (Å²) < 4.78 is 5.60. The van der Waals surface area contributed by atoms with Gasteiger partial charge in [0.05, 0.1) is 12.7 Å². The van der Waals surface area contributed by atoms with E-state index >= 15 is 0 Å². The number of H-pyrrole nitrogens is 1. The number of nitrogens with one attached hydrogen (secondary N) is 1. The van der Waals surface area contributed by atoms with E-state index in [9.17, 15) is 9.90 Å². The van der Waals surface area contributed by atoms with Crippen molar-refractivity contribution in [2.24, 2.45) is 0 Å². The Morgan fingerprint density at radius 3 is 2.76 bits per heavy atom. The zero-order valence-electron chi connectivity index (χ0n) is 12.3. The largest absolute Gasteiger partial charge is 0.381 e. The summed E-state index contributed by atoms with van der Waals surface area (Å²) in [7, 11) is 1.61. The highest BCUT2D eigenvalue weighted by Gasteiger charge is 2.48. The van der Waals surface area contributed by atoms with Gasteiger partial charge >= 0.3 is 0 Å². The van der Waals surface area contributed by atoms with Gasteiger partial charge in [0.15, 0.2) is 0 Å². The Morgan fingerprint density at radius 2 is 2.14 bits per heavy atom. The molecule has 0 radical (unpaired) electrons. The first-order chi connectivity index (χ1) is 10.1. The van der Waals surface area contributed by atoms with Crippen molar-refractivity contribution >= 4 is 5.91 Å². The number of aromatic nitrogens is 3. The van der Waals surface area contributed by atoms with Crippen molar-refractivity contribution in [2.75, 3.05) is 20.2 Å². The summed E-state index contributed by atoms with van der Waals surface area (Å²) in [4.78, 5) is 14.6. The number of hydrogen-bond donors (Lipinski definition) is 2. The molecule has 0 aromatic carbocycles. The number of amides is 1. The molecule has 1 saturated heterocycles. The minimum absolute atomic E-state index is 0.00381. The highest BCUT2D eigenvalue weighted by Crippen LogP contribution is 2.37. The van der Waals surface area contributed by atoms with E-state index in [1.807, 2.05) is 0 Å². The van der Waals surface area contributed by atoms with Crippen LogP contribution in [0.2, 0.25) is 0 Å². The zero-order valence-corrected chi connectivity index (χ0v) is 12.3. The third kappa shape index (κ3) is 2.44. The number of aliphatic hydroxyl groups is 1. The molecular weight excluding hydrogens is 272 g/mol. The molecule has 2 N–H and O–H groups in total. The van der Waals surface area contributed by atoms with E-state index in [1.165, 1.54) is 6.20 Å². The molecule has 1 aromatic heterocycles. The van der Waals surface area contributed by atoms with Crippen molar-refractivity contribution in [1.82, 2.24) is 20.3 Å². The van der Waals surface area contributed by atoms with Crippen LogP contribution < -0.4 is 0 Å². The number of nitrogens with zero attached hydrogens (tertiary/aromatic N) is 3. The van der Waals surface area contributed by atoms with Gasteiger partial charge in [0, 0.05) is 20.1 Å². The predicted molar refractivity (Wildman–Crippen MR) is 74.3 cm³/mol. The Balaban J connectivity index is 1.75. The minimum atomic E-state index is -1.10. The van der Waals surface area contributed by atoms with Gasteiger partial charge in [-0.3, -0.25) is 4.79 Å². The van der Waals surface area contributed by atoms with Crippen molar-refractivity contribution in [1.29, 1.82) is 0 Å². The Morgan fingerprint density at radius 1 is 1.38 bits per heavy atom. The van der Waals surface area contributed by atoms with Crippen LogP contribution in [-0.4, -0.2) is 57.1 Å². The van der Waals surface area contributed by atoms with Crippen LogP contribution in [0.1, 0.15) is 44.2 Å². The van der Waals surface area contributed by atoms with E-state index in [-0.39, 0.29) is 12.5 Å². The van der Waals surface area contributed by atoms with Gasteiger partial charge in [-0.1, -0.05) is 19.3 Å². The number of hydrogen-bond acceptors (Lipinski definition) is 5. The van der Waals surface area contributed by atoms with Gasteiger partial charge in [0.2, 0.25) is 0 Å². The molecule has 2 heterocycles. The van der Waals surface area contributed by atoms with E-state index in [0.29, 0.717) is 18.7 Å². The quantitative estimate of drug-likeness (QED) is 0.850. The van der Waals surface area contributed by atoms with Gasteiger partial charge in [-0.05, 0) is 12.8 Å². The molecule has 7 nitrogen and oxygen atoms in total. The average Bonchev–Trinajstić information content (AvgIpc) is 3.17. The van der Waals surface area contributed by atoms with Crippen LogP contribution in [0.15, 0.2) is 6.20 Å². The third-order valence-electron chi connectivity index (χ3n) is 4.87. The summed E-state index contributed by atoms with van der Waals surface area (Å²) in [6.07, 6.45) is 6.71. The lowest BCUT2D eigenvalue weighted by molar-refractivity contribution is -0.159. The molecule has 2 aliphatic rings. The molecule has 1 amide bonds. The molecule has 1 aromatic rings. The number of carbonyl (C=O) groups is 1. The highest BCUT2D eigenvalue weighted by atomic mass is 16.5. The van der Waals surface area contributed by atoms with Gasteiger partial charge in [-0.25, -0.2) is 0 Å². The summed E-state index contributed by atoms with van der Waals surface area (Å²) in [5.41, 5.74) is -1.31. The fraction of sp³-hybridized carbons (Fsp3) is 0.786. The SMILES string of the molecule is COC1(C(=O)N2CCC(O)(c3cn[nH]n3)C2)CCCCC1. The standard InChI is InChI=1S/C14H22N4O3/c1-21-14(5-3-2-4-6-14)12(19)18-8-7-13(20,10-18)11-9-15-17-16-11/h9,20H,2-8,10H2,1H3,(H,15,16,17). The number of carbonyl (C=O) groups excluding carboxylic acids is 1. The van der Waals surface area contributed by atoms with Crippen molar-refractivity contribution in [2.45, 2.75) is 49.7 Å². The van der Waals surface area contributed by atoms with E-state index in [1.54, 1.807) is 12.0 Å². The molecule has 0 spiro atoms.